The fraction of sp³-hybridized carbons (Fsp3) is 0.875. The van der Waals surface area contributed by atoms with Gasteiger partial charge >= 0.3 is 6.92 Å². The van der Waals surface area contributed by atoms with Crippen LogP contribution in [0.2, 0.25) is 11.6 Å². The average molecular weight is 248 g/mol. The summed E-state index contributed by atoms with van der Waals surface area (Å²) in [7, 11) is 0. The van der Waals surface area contributed by atoms with Crippen LogP contribution in [-0.4, -0.2) is 6.92 Å². The molecule has 1 nitrogen and oxygen atoms in total. The minimum absolute atomic E-state index is 0.514. The smallest absolute Gasteiger partial charge is 0.363 e. The molecule has 0 spiro atoms. The minimum atomic E-state index is 0.514. The van der Waals surface area contributed by atoms with E-state index in [1.54, 1.807) is 0 Å². The summed E-state index contributed by atoms with van der Waals surface area (Å²) >= 11 is 0. The van der Waals surface area contributed by atoms with E-state index in [1.807, 2.05) is 6.26 Å². The van der Waals surface area contributed by atoms with E-state index in [9.17, 15) is 0 Å². The predicted molar refractivity (Wildman–Crippen MR) is 79.9 cm³/mol. The SMILES string of the molecule is CC(C)=COB(C1CCCCC1)C1CCCCC1. The molecular weight excluding hydrogens is 219 g/mol. The Balaban J connectivity index is 1.97. The van der Waals surface area contributed by atoms with Crippen molar-refractivity contribution >= 4 is 6.92 Å². The summed E-state index contributed by atoms with van der Waals surface area (Å²) in [4.78, 5) is 0. The van der Waals surface area contributed by atoms with Gasteiger partial charge in [-0.3, -0.25) is 0 Å². The lowest BCUT2D eigenvalue weighted by Crippen LogP contribution is -2.32. The lowest BCUT2D eigenvalue weighted by atomic mass is 9.42. The van der Waals surface area contributed by atoms with Crippen LogP contribution in [0.1, 0.15) is 78.1 Å². The van der Waals surface area contributed by atoms with E-state index in [1.165, 1.54) is 69.8 Å². The molecule has 18 heavy (non-hydrogen) atoms. The van der Waals surface area contributed by atoms with Crippen molar-refractivity contribution in [1.29, 1.82) is 0 Å². The normalized spacial score (nSPS) is 22.6. The first kappa shape index (κ1) is 14.0. The van der Waals surface area contributed by atoms with Gasteiger partial charge in [-0.1, -0.05) is 64.2 Å². The molecule has 0 aromatic rings. The van der Waals surface area contributed by atoms with E-state index < -0.39 is 0 Å². The number of allylic oxidation sites excluding steroid dienone is 1. The molecule has 102 valence electrons. The first-order chi connectivity index (χ1) is 8.77. The van der Waals surface area contributed by atoms with Gasteiger partial charge in [-0.2, -0.15) is 0 Å². The Labute approximate surface area is 113 Å². The van der Waals surface area contributed by atoms with E-state index in [2.05, 4.69) is 13.8 Å². The molecule has 0 radical (unpaired) electrons. The minimum Gasteiger partial charge on any atom is -0.565 e. The number of hydrogen-bond acceptors (Lipinski definition) is 1. The van der Waals surface area contributed by atoms with Gasteiger partial charge in [-0.05, 0) is 31.1 Å². The monoisotopic (exact) mass is 248 g/mol. The summed E-state index contributed by atoms with van der Waals surface area (Å²) in [6, 6.07) is 0. The molecule has 0 N–H and O–H groups in total. The lowest BCUT2D eigenvalue weighted by molar-refractivity contribution is 0.377. The Bertz CT molecular complexity index is 240. The average Bonchev–Trinajstić information content (AvgIpc) is 2.41. The predicted octanol–water partition coefficient (Wildman–Crippen LogP) is 5.59. The Kier molecular flexibility index (Phi) is 5.65. The quantitative estimate of drug-likeness (QED) is 0.465. The van der Waals surface area contributed by atoms with Crippen LogP contribution in [0.3, 0.4) is 0 Å². The van der Waals surface area contributed by atoms with Gasteiger partial charge in [0.05, 0.1) is 6.26 Å². The van der Waals surface area contributed by atoms with E-state index in [-0.39, 0.29) is 0 Å². The molecule has 2 aliphatic carbocycles. The fourth-order valence-electron chi connectivity index (χ4n) is 3.75. The molecule has 0 aromatic carbocycles. The highest BCUT2D eigenvalue weighted by molar-refractivity contribution is 6.55. The highest BCUT2D eigenvalue weighted by Gasteiger charge is 2.37. The second kappa shape index (κ2) is 7.26. The summed E-state index contributed by atoms with van der Waals surface area (Å²) in [6.45, 7) is 4.79. The van der Waals surface area contributed by atoms with Crippen molar-refractivity contribution in [3.05, 3.63) is 11.8 Å². The molecule has 0 atom stereocenters. The second-order valence-corrected chi connectivity index (χ2v) is 6.59. The Morgan fingerprint density at radius 3 is 1.67 bits per heavy atom. The molecule has 0 heterocycles. The highest BCUT2D eigenvalue weighted by Crippen LogP contribution is 2.41. The maximum absolute atomic E-state index is 6.22. The van der Waals surface area contributed by atoms with Crippen molar-refractivity contribution in [3.8, 4) is 0 Å². The van der Waals surface area contributed by atoms with Crippen LogP contribution in [-0.2, 0) is 4.65 Å². The third-order valence-electron chi connectivity index (χ3n) is 4.69. The molecule has 2 heteroatoms. The molecule has 2 saturated carbocycles. The zero-order valence-corrected chi connectivity index (χ0v) is 12.3. The van der Waals surface area contributed by atoms with Gasteiger partial charge in [0.2, 0.25) is 0 Å². The van der Waals surface area contributed by atoms with Crippen molar-refractivity contribution in [1.82, 2.24) is 0 Å². The summed E-state index contributed by atoms with van der Waals surface area (Å²) in [5.41, 5.74) is 1.30. The summed E-state index contributed by atoms with van der Waals surface area (Å²) < 4.78 is 6.22. The largest absolute Gasteiger partial charge is 0.565 e. The molecule has 2 fully saturated rings. The van der Waals surface area contributed by atoms with Crippen molar-refractivity contribution < 1.29 is 4.65 Å². The third kappa shape index (κ3) is 4.07. The van der Waals surface area contributed by atoms with Crippen LogP contribution >= 0.6 is 0 Å². The summed E-state index contributed by atoms with van der Waals surface area (Å²) in [5.74, 6) is 1.66. The molecule has 2 aliphatic rings. The van der Waals surface area contributed by atoms with E-state index in [4.69, 9.17) is 4.65 Å². The first-order valence-corrected chi connectivity index (χ1v) is 8.06. The Morgan fingerprint density at radius 2 is 1.28 bits per heavy atom. The van der Waals surface area contributed by atoms with Crippen molar-refractivity contribution in [2.45, 2.75) is 89.7 Å². The van der Waals surface area contributed by atoms with Gasteiger partial charge in [0.25, 0.3) is 0 Å². The highest BCUT2D eigenvalue weighted by atomic mass is 16.4. The molecule has 0 aliphatic heterocycles. The zero-order chi connectivity index (χ0) is 12.8. The molecule has 0 unspecified atom stereocenters. The van der Waals surface area contributed by atoms with Crippen molar-refractivity contribution in [3.63, 3.8) is 0 Å². The molecule has 0 aromatic heterocycles. The molecule has 0 bridgehead atoms. The molecular formula is C16H29BO. The van der Waals surface area contributed by atoms with Gasteiger partial charge in [0.15, 0.2) is 0 Å². The lowest BCUT2D eigenvalue weighted by Gasteiger charge is -2.34. The molecule has 0 saturated heterocycles. The number of rotatable bonds is 4. The van der Waals surface area contributed by atoms with Gasteiger partial charge in [-0.25, -0.2) is 0 Å². The Hall–Kier alpha value is -0.395. The van der Waals surface area contributed by atoms with Crippen LogP contribution in [0.5, 0.6) is 0 Å². The number of hydrogen-bond donors (Lipinski definition) is 0. The fourth-order valence-corrected chi connectivity index (χ4v) is 3.75. The van der Waals surface area contributed by atoms with Crippen molar-refractivity contribution in [2.24, 2.45) is 0 Å². The van der Waals surface area contributed by atoms with Crippen LogP contribution in [0.4, 0.5) is 0 Å². The standard InChI is InChI=1S/C16H29BO/c1-14(2)13-18-17(15-9-5-3-6-10-15)16-11-7-4-8-12-16/h13,15-16H,3-12H2,1-2H3. The van der Waals surface area contributed by atoms with Gasteiger partial charge in [0.1, 0.15) is 0 Å². The van der Waals surface area contributed by atoms with Crippen molar-refractivity contribution in [2.75, 3.05) is 0 Å². The molecule has 0 amide bonds. The van der Waals surface area contributed by atoms with Gasteiger partial charge < -0.3 is 4.65 Å². The maximum Gasteiger partial charge on any atom is 0.363 e. The second-order valence-electron chi connectivity index (χ2n) is 6.59. The van der Waals surface area contributed by atoms with E-state index in [0.717, 1.165) is 11.6 Å². The van der Waals surface area contributed by atoms with Gasteiger partial charge in [0, 0.05) is 0 Å². The summed E-state index contributed by atoms with van der Waals surface area (Å²) in [6.07, 6.45) is 16.2. The van der Waals surface area contributed by atoms with E-state index in [0.29, 0.717) is 6.92 Å². The van der Waals surface area contributed by atoms with E-state index >= 15 is 0 Å². The topological polar surface area (TPSA) is 9.23 Å². The summed E-state index contributed by atoms with van der Waals surface area (Å²) in [5, 5.41) is 0. The third-order valence-corrected chi connectivity index (χ3v) is 4.69. The van der Waals surface area contributed by atoms with Crippen LogP contribution in [0.25, 0.3) is 0 Å². The maximum atomic E-state index is 6.22. The van der Waals surface area contributed by atoms with Crippen LogP contribution < -0.4 is 0 Å². The van der Waals surface area contributed by atoms with Crippen LogP contribution in [0, 0.1) is 0 Å². The van der Waals surface area contributed by atoms with Gasteiger partial charge in [-0.15, -0.1) is 0 Å². The Morgan fingerprint density at radius 1 is 0.833 bits per heavy atom. The van der Waals surface area contributed by atoms with Crippen LogP contribution in [0.15, 0.2) is 11.8 Å². The molecule has 2 rings (SSSR count). The zero-order valence-electron chi connectivity index (χ0n) is 12.3. The first-order valence-electron chi connectivity index (χ1n) is 8.06.